The number of nitrogens with one attached hydrogen (secondary N) is 1. The van der Waals surface area contributed by atoms with Crippen LogP contribution in [0.4, 0.5) is 0 Å². The van der Waals surface area contributed by atoms with Crippen LogP contribution in [0.25, 0.3) is 0 Å². The highest BCUT2D eigenvalue weighted by Gasteiger charge is 2.14. The van der Waals surface area contributed by atoms with Crippen molar-refractivity contribution in [2.45, 2.75) is 11.3 Å². The van der Waals surface area contributed by atoms with Crippen LogP contribution in [-0.4, -0.2) is 24.5 Å². The Morgan fingerprint density at radius 1 is 1.45 bits per heavy atom. The number of aryl methyl sites for hydroxylation is 1. The second kappa shape index (κ2) is 5.86. The van der Waals surface area contributed by atoms with Crippen LogP contribution in [0.5, 0.6) is 0 Å². The second-order valence-electron chi connectivity index (χ2n) is 4.24. The van der Waals surface area contributed by atoms with Crippen LogP contribution >= 0.6 is 0 Å². The number of nitrogens with zero attached hydrogens (tertiary/aromatic N) is 3. The van der Waals surface area contributed by atoms with Gasteiger partial charge in [-0.1, -0.05) is 6.07 Å². The van der Waals surface area contributed by atoms with Gasteiger partial charge >= 0.3 is 0 Å². The lowest BCUT2D eigenvalue weighted by Crippen LogP contribution is -2.26. The molecule has 1 aromatic carbocycles. The zero-order valence-electron chi connectivity index (χ0n) is 10.9. The number of hydrogen-bond acceptors (Lipinski definition) is 4. The fraction of sp³-hybridized carbons (Fsp3) is 0.231. The summed E-state index contributed by atoms with van der Waals surface area (Å²) in [4.78, 5) is 4.21. The highest BCUT2D eigenvalue weighted by Crippen LogP contribution is 2.10. The minimum atomic E-state index is -3.60. The third kappa shape index (κ3) is 3.23. The molecule has 7 heteroatoms. The third-order valence-electron chi connectivity index (χ3n) is 2.84. The number of sulfonamides is 1. The first-order chi connectivity index (χ1) is 9.53. The Hall–Kier alpha value is -2.17. The van der Waals surface area contributed by atoms with E-state index in [9.17, 15) is 8.42 Å². The lowest BCUT2D eigenvalue weighted by Gasteiger charge is -2.07. The molecule has 20 heavy (non-hydrogen) atoms. The Morgan fingerprint density at radius 3 is 2.90 bits per heavy atom. The van der Waals surface area contributed by atoms with Gasteiger partial charge in [0.05, 0.1) is 16.5 Å². The van der Waals surface area contributed by atoms with Gasteiger partial charge in [0.1, 0.15) is 5.82 Å². The maximum atomic E-state index is 12.1. The Balaban J connectivity index is 2.04. The van der Waals surface area contributed by atoms with Crippen LogP contribution in [0.2, 0.25) is 0 Å². The van der Waals surface area contributed by atoms with Crippen molar-refractivity contribution in [1.29, 1.82) is 5.26 Å². The average Bonchev–Trinajstić information content (AvgIpc) is 2.84. The summed E-state index contributed by atoms with van der Waals surface area (Å²) in [5.74, 6) is 0.804. The maximum Gasteiger partial charge on any atom is 0.240 e. The van der Waals surface area contributed by atoms with Crippen molar-refractivity contribution < 1.29 is 8.42 Å². The summed E-state index contributed by atoms with van der Waals surface area (Å²) in [6.45, 7) is 0.254. The van der Waals surface area contributed by atoms with Crippen molar-refractivity contribution >= 4 is 10.0 Å². The highest BCUT2D eigenvalue weighted by molar-refractivity contribution is 7.89. The molecule has 1 N–H and O–H groups in total. The van der Waals surface area contributed by atoms with Gasteiger partial charge < -0.3 is 4.57 Å². The van der Waals surface area contributed by atoms with Crippen molar-refractivity contribution in [3.63, 3.8) is 0 Å². The maximum absolute atomic E-state index is 12.1. The van der Waals surface area contributed by atoms with Gasteiger partial charge in [0, 0.05) is 32.4 Å². The fourth-order valence-electron chi connectivity index (χ4n) is 1.75. The number of hydrogen-bond donors (Lipinski definition) is 1. The first kappa shape index (κ1) is 14.2. The van der Waals surface area contributed by atoms with E-state index in [2.05, 4.69) is 9.71 Å². The summed E-state index contributed by atoms with van der Waals surface area (Å²) in [6, 6.07) is 7.84. The topological polar surface area (TPSA) is 87.8 Å². The molecule has 0 amide bonds. The Bertz CT molecular complexity index is 744. The molecule has 0 fully saturated rings. The molecule has 6 nitrogen and oxygen atoms in total. The molecule has 0 aliphatic heterocycles. The molecule has 0 unspecified atom stereocenters. The summed E-state index contributed by atoms with van der Waals surface area (Å²) < 4.78 is 28.5. The molecule has 0 bridgehead atoms. The monoisotopic (exact) mass is 290 g/mol. The predicted molar refractivity (Wildman–Crippen MR) is 73.3 cm³/mol. The van der Waals surface area contributed by atoms with Gasteiger partial charge in [0.2, 0.25) is 10.0 Å². The number of nitriles is 1. The van der Waals surface area contributed by atoms with E-state index >= 15 is 0 Å². The molecule has 2 aromatic rings. The summed E-state index contributed by atoms with van der Waals surface area (Å²) in [7, 11) is -1.74. The SMILES string of the molecule is Cn1ccnc1CCNS(=O)(=O)c1cccc(C#N)c1. The van der Waals surface area contributed by atoms with Crippen LogP contribution in [0.1, 0.15) is 11.4 Å². The predicted octanol–water partition coefficient (Wildman–Crippen LogP) is 0.813. The molecule has 0 atom stereocenters. The quantitative estimate of drug-likeness (QED) is 0.882. The Kier molecular flexibility index (Phi) is 4.17. The number of benzene rings is 1. The van der Waals surface area contributed by atoms with Crippen molar-refractivity contribution in [2.75, 3.05) is 6.54 Å². The summed E-state index contributed by atoms with van der Waals surface area (Å²) in [5, 5.41) is 8.78. The van der Waals surface area contributed by atoms with E-state index in [-0.39, 0.29) is 11.4 Å². The summed E-state index contributed by atoms with van der Waals surface area (Å²) in [5.41, 5.74) is 0.317. The van der Waals surface area contributed by atoms with Crippen LogP contribution in [0, 0.1) is 11.3 Å². The molecule has 2 rings (SSSR count). The van der Waals surface area contributed by atoms with E-state index in [1.165, 1.54) is 12.1 Å². The van der Waals surface area contributed by atoms with Gasteiger partial charge in [-0.2, -0.15) is 5.26 Å². The van der Waals surface area contributed by atoms with Crippen molar-refractivity contribution in [3.8, 4) is 6.07 Å². The standard InChI is InChI=1S/C13H14N4O2S/c1-17-8-7-15-13(17)5-6-16-20(18,19)12-4-2-3-11(9-12)10-14/h2-4,7-9,16H,5-6H2,1H3. The molecule has 1 aromatic heterocycles. The molecule has 0 saturated heterocycles. The molecular weight excluding hydrogens is 276 g/mol. The van der Waals surface area contributed by atoms with E-state index in [1.54, 1.807) is 24.5 Å². The van der Waals surface area contributed by atoms with E-state index in [0.717, 1.165) is 5.82 Å². The minimum Gasteiger partial charge on any atom is -0.338 e. The van der Waals surface area contributed by atoms with Crippen LogP contribution < -0.4 is 4.72 Å². The zero-order valence-corrected chi connectivity index (χ0v) is 11.8. The lowest BCUT2D eigenvalue weighted by atomic mass is 10.2. The normalized spacial score (nSPS) is 11.2. The Labute approximate surface area is 117 Å². The van der Waals surface area contributed by atoms with Gasteiger partial charge in [-0.15, -0.1) is 0 Å². The number of rotatable bonds is 5. The first-order valence-electron chi connectivity index (χ1n) is 5.99. The van der Waals surface area contributed by atoms with Gasteiger partial charge in [-0.3, -0.25) is 0 Å². The largest absolute Gasteiger partial charge is 0.338 e. The van der Waals surface area contributed by atoms with Gasteiger partial charge in [-0.25, -0.2) is 18.1 Å². The smallest absolute Gasteiger partial charge is 0.240 e. The van der Waals surface area contributed by atoms with Crippen LogP contribution in [0.3, 0.4) is 0 Å². The summed E-state index contributed by atoms with van der Waals surface area (Å²) in [6.07, 6.45) is 3.97. The van der Waals surface area contributed by atoms with Gasteiger partial charge in [0.25, 0.3) is 0 Å². The molecule has 104 valence electrons. The molecule has 0 saturated carbocycles. The number of aromatic nitrogens is 2. The van der Waals surface area contributed by atoms with Gasteiger partial charge in [0.15, 0.2) is 0 Å². The third-order valence-corrected chi connectivity index (χ3v) is 4.29. The molecule has 0 spiro atoms. The molecule has 0 aliphatic carbocycles. The van der Waals surface area contributed by atoms with E-state index in [4.69, 9.17) is 5.26 Å². The van der Waals surface area contributed by atoms with Crippen molar-refractivity contribution in [1.82, 2.24) is 14.3 Å². The molecule has 0 radical (unpaired) electrons. The van der Waals surface area contributed by atoms with Crippen LogP contribution in [-0.2, 0) is 23.5 Å². The molecule has 0 aliphatic rings. The second-order valence-corrected chi connectivity index (χ2v) is 6.01. The number of imidazole rings is 1. The lowest BCUT2D eigenvalue weighted by molar-refractivity contribution is 0.580. The fourth-order valence-corrected chi connectivity index (χ4v) is 2.83. The van der Waals surface area contributed by atoms with E-state index < -0.39 is 10.0 Å². The Morgan fingerprint density at radius 2 is 2.25 bits per heavy atom. The van der Waals surface area contributed by atoms with Crippen molar-refractivity contribution in [2.24, 2.45) is 7.05 Å². The molecular formula is C13H14N4O2S. The first-order valence-corrected chi connectivity index (χ1v) is 7.47. The highest BCUT2D eigenvalue weighted by atomic mass is 32.2. The summed E-state index contributed by atoms with van der Waals surface area (Å²) >= 11 is 0. The van der Waals surface area contributed by atoms with Crippen molar-refractivity contribution in [3.05, 3.63) is 48.0 Å². The zero-order chi connectivity index (χ0) is 14.6. The minimum absolute atomic E-state index is 0.0939. The van der Waals surface area contributed by atoms with Gasteiger partial charge in [-0.05, 0) is 18.2 Å². The van der Waals surface area contributed by atoms with Crippen LogP contribution in [0.15, 0.2) is 41.6 Å². The average molecular weight is 290 g/mol. The van der Waals surface area contributed by atoms with E-state index in [0.29, 0.717) is 12.0 Å². The van der Waals surface area contributed by atoms with E-state index in [1.807, 2.05) is 17.7 Å². The molecule has 1 heterocycles.